The Hall–Kier alpha value is -3.29. The third kappa shape index (κ3) is 6.40. The number of piperazine rings is 1. The van der Waals surface area contributed by atoms with Crippen molar-refractivity contribution in [2.45, 2.75) is 13.1 Å². The van der Waals surface area contributed by atoms with E-state index in [1.54, 1.807) is 30.3 Å². The lowest BCUT2D eigenvalue weighted by Gasteiger charge is -2.32. The molecule has 0 aromatic heterocycles. The number of nitrogens with zero attached hydrogens (tertiary/aromatic N) is 2. The molecule has 1 saturated heterocycles. The van der Waals surface area contributed by atoms with Gasteiger partial charge in [-0.1, -0.05) is 36.4 Å². The number of likely N-dealkylation sites (N-methyl/N-ethyl adjacent to an activating group) is 1. The van der Waals surface area contributed by atoms with Crippen molar-refractivity contribution in [2.24, 2.45) is 0 Å². The highest BCUT2D eigenvalue weighted by Crippen LogP contribution is 2.28. The van der Waals surface area contributed by atoms with E-state index in [-0.39, 0.29) is 30.7 Å². The number of hydrogen-bond acceptors (Lipinski definition) is 4. The van der Waals surface area contributed by atoms with Crippen molar-refractivity contribution in [1.29, 1.82) is 0 Å². The lowest BCUT2D eigenvalue weighted by Crippen LogP contribution is -2.43. The van der Waals surface area contributed by atoms with E-state index in [1.807, 2.05) is 18.2 Å². The van der Waals surface area contributed by atoms with E-state index in [0.717, 1.165) is 42.9 Å². The molecule has 178 valence electrons. The number of nitrogens with one attached hydrogen (secondary N) is 1. The van der Waals surface area contributed by atoms with Gasteiger partial charge in [-0.05, 0) is 48.5 Å². The number of hydrogen-bond donors (Lipinski definition) is 1. The molecule has 3 aromatic rings. The molecule has 0 saturated carbocycles. The summed E-state index contributed by atoms with van der Waals surface area (Å²) in [6.07, 6.45) is 0. The van der Waals surface area contributed by atoms with Crippen LogP contribution in [-0.2, 0) is 17.9 Å². The molecule has 1 aliphatic heterocycles. The molecule has 0 bridgehead atoms. The molecule has 0 aliphatic carbocycles. The van der Waals surface area contributed by atoms with Crippen molar-refractivity contribution in [3.63, 3.8) is 0 Å². The van der Waals surface area contributed by atoms with Gasteiger partial charge in [-0.2, -0.15) is 0 Å². The Morgan fingerprint density at radius 2 is 1.62 bits per heavy atom. The number of carbonyl (C=O) groups is 1. The summed E-state index contributed by atoms with van der Waals surface area (Å²) in [5.41, 5.74) is 3.26. The van der Waals surface area contributed by atoms with Crippen LogP contribution in [0.5, 0.6) is 5.75 Å². The molecule has 1 aliphatic rings. The van der Waals surface area contributed by atoms with Gasteiger partial charge in [-0.3, -0.25) is 9.69 Å². The number of halogens is 2. The first-order chi connectivity index (χ1) is 16.5. The van der Waals surface area contributed by atoms with Crippen molar-refractivity contribution < 1.29 is 18.3 Å². The van der Waals surface area contributed by atoms with E-state index in [1.165, 1.54) is 18.2 Å². The number of carbonyl (C=O) groups excluding carboxylic acids is 1. The lowest BCUT2D eigenvalue weighted by atomic mass is 10.0. The second-order valence-corrected chi connectivity index (χ2v) is 8.57. The van der Waals surface area contributed by atoms with Gasteiger partial charge < -0.3 is 15.0 Å². The Labute approximate surface area is 198 Å². The Kier molecular flexibility index (Phi) is 7.87. The normalized spacial score (nSPS) is 14.7. The molecule has 1 amide bonds. The first kappa shape index (κ1) is 23.9. The molecule has 5 nitrogen and oxygen atoms in total. The average Bonchev–Trinajstić information content (AvgIpc) is 2.84. The molecule has 1 heterocycles. The van der Waals surface area contributed by atoms with Gasteiger partial charge in [-0.15, -0.1) is 0 Å². The second-order valence-electron chi connectivity index (χ2n) is 8.57. The highest BCUT2D eigenvalue weighted by molar-refractivity contribution is 5.77. The standard InChI is InChI=1S/C27H29F2N3O2/c1-31-12-14-32(15-13-31)18-23-16-21(20-6-9-24(28)10-7-20)8-11-26(23)34-19-27(33)30-17-22-4-2-3-5-25(22)29/h2-11,16H,12-15,17-19H2,1H3,(H,30,33). The van der Waals surface area contributed by atoms with E-state index >= 15 is 0 Å². The van der Waals surface area contributed by atoms with Crippen LogP contribution in [0.25, 0.3) is 11.1 Å². The van der Waals surface area contributed by atoms with Crippen LogP contribution in [0.4, 0.5) is 8.78 Å². The van der Waals surface area contributed by atoms with Gasteiger partial charge in [0.05, 0.1) is 0 Å². The van der Waals surface area contributed by atoms with Crippen LogP contribution in [0.3, 0.4) is 0 Å². The van der Waals surface area contributed by atoms with Crippen molar-refractivity contribution >= 4 is 5.91 Å². The summed E-state index contributed by atoms with van der Waals surface area (Å²) in [5.74, 6) is -0.320. The smallest absolute Gasteiger partial charge is 0.258 e. The zero-order valence-electron chi connectivity index (χ0n) is 19.3. The Morgan fingerprint density at radius 1 is 0.912 bits per heavy atom. The molecule has 4 rings (SSSR count). The third-order valence-corrected chi connectivity index (χ3v) is 6.02. The van der Waals surface area contributed by atoms with Crippen LogP contribution in [0.2, 0.25) is 0 Å². The molecule has 1 N–H and O–H groups in total. The van der Waals surface area contributed by atoms with Gasteiger partial charge in [0.2, 0.25) is 0 Å². The minimum absolute atomic E-state index is 0.104. The molecular weight excluding hydrogens is 436 g/mol. The predicted octanol–water partition coefficient (Wildman–Crippen LogP) is 4.07. The maximum Gasteiger partial charge on any atom is 0.258 e. The van der Waals surface area contributed by atoms with Gasteiger partial charge in [-0.25, -0.2) is 8.78 Å². The highest BCUT2D eigenvalue weighted by atomic mass is 19.1. The van der Waals surface area contributed by atoms with Gasteiger partial charge in [0.1, 0.15) is 17.4 Å². The maximum absolute atomic E-state index is 13.8. The summed E-state index contributed by atoms with van der Waals surface area (Å²) >= 11 is 0. The first-order valence-corrected chi connectivity index (χ1v) is 11.4. The quantitative estimate of drug-likeness (QED) is 0.545. The van der Waals surface area contributed by atoms with Crippen molar-refractivity contribution in [2.75, 3.05) is 39.8 Å². The zero-order chi connectivity index (χ0) is 23.9. The summed E-state index contributed by atoms with van der Waals surface area (Å²) in [7, 11) is 2.11. The fourth-order valence-corrected chi connectivity index (χ4v) is 3.94. The number of rotatable bonds is 8. The predicted molar refractivity (Wildman–Crippen MR) is 128 cm³/mol. The van der Waals surface area contributed by atoms with Gasteiger partial charge in [0.15, 0.2) is 6.61 Å². The number of amides is 1. The van der Waals surface area contributed by atoms with E-state index < -0.39 is 0 Å². The lowest BCUT2D eigenvalue weighted by molar-refractivity contribution is -0.123. The van der Waals surface area contributed by atoms with E-state index in [4.69, 9.17) is 4.74 Å². The summed E-state index contributed by atoms with van der Waals surface area (Å²) in [6, 6.07) is 18.5. The Bertz CT molecular complexity index is 1110. The topological polar surface area (TPSA) is 44.8 Å². The molecule has 3 aromatic carbocycles. The Morgan fingerprint density at radius 3 is 2.35 bits per heavy atom. The largest absolute Gasteiger partial charge is 0.483 e. The molecule has 0 unspecified atom stereocenters. The minimum Gasteiger partial charge on any atom is -0.483 e. The van der Waals surface area contributed by atoms with Gasteiger partial charge in [0, 0.05) is 50.4 Å². The monoisotopic (exact) mass is 465 g/mol. The van der Waals surface area contributed by atoms with E-state index in [2.05, 4.69) is 22.2 Å². The molecule has 0 radical (unpaired) electrons. The minimum atomic E-state index is -0.352. The van der Waals surface area contributed by atoms with E-state index in [9.17, 15) is 13.6 Å². The van der Waals surface area contributed by atoms with Gasteiger partial charge in [0.25, 0.3) is 5.91 Å². The van der Waals surface area contributed by atoms with Crippen LogP contribution < -0.4 is 10.1 Å². The fraction of sp³-hybridized carbons (Fsp3) is 0.296. The first-order valence-electron chi connectivity index (χ1n) is 11.4. The molecule has 34 heavy (non-hydrogen) atoms. The summed E-state index contributed by atoms with van der Waals surface area (Å²) in [4.78, 5) is 17.0. The molecular formula is C27H29F2N3O2. The maximum atomic E-state index is 13.8. The zero-order valence-corrected chi connectivity index (χ0v) is 19.3. The Balaban J connectivity index is 1.45. The van der Waals surface area contributed by atoms with Crippen LogP contribution in [0.15, 0.2) is 66.7 Å². The number of benzene rings is 3. The summed E-state index contributed by atoms with van der Waals surface area (Å²) in [5, 5.41) is 2.70. The van der Waals surface area contributed by atoms with Crippen molar-refractivity contribution in [3.05, 3.63) is 89.5 Å². The molecule has 7 heteroatoms. The van der Waals surface area contributed by atoms with Gasteiger partial charge >= 0.3 is 0 Å². The molecule has 1 fully saturated rings. The highest BCUT2D eigenvalue weighted by Gasteiger charge is 2.17. The summed E-state index contributed by atoms with van der Waals surface area (Å²) in [6.45, 7) is 4.50. The fourth-order valence-electron chi connectivity index (χ4n) is 3.94. The second kappa shape index (κ2) is 11.2. The third-order valence-electron chi connectivity index (χ3n) is 6.02. The van der Waals surface area contributed by atoms with Crippen LogP contribution in [0, 0.1) is 11.6 Å². The van der Waals surface area contributed by atoms with E-state index in [0.29, 0.717) is 17.9 Å². The molecule has 0 atom stereocenters. The summed E-state index contributed by atoms with van der Waals surface area (Å²) < 4.78 is 33.0. The van der Waals surface area contributed by atoms with Crippen molar-refractivity contribution in [1.82, 2.24) is 15.1 Å². The van der Waals surface area contributed by atoms with Crippen molar-refractivity contribution in [3.8, 4) is 16.9 Å². The molecule has 0 spiro atoms. The van der Waals surface area contributed by atoms with Crippen LogP contribution >= 0.6 is 0 Å². The van der Waals surface area contributed by atoms with Crippen LogP contribution in [-0.4, -0.2) is 55.5 Å². The average molecular weight is 466 g/mol. The van der Waals surface area contributed by atoms with Crippen LogP contribution in [0.1, 0.15) is 11.1 Å². The number of ether oxygens (including phenoxy) is 1. The SMILES string of the molecule is CN1CCN(Cc2cc(-c3ccc(F)cc3)ccc2OCC(=O)NCc2ccccc2F)CC1.